The van der Waals surface area contributed by atoms with Crippen molar-refractivity contribution in [3.05, 3.63) is 36.4 Å². The highest BCUT2D eigenvalue weighted by Gasteiger charge is 2.15. The number of nitriles is 2. The molecule has 0 aliphatic rings. The van der Waals surface area contributed by atoms with E-state index in [0.717, 1.165) is 0 Å². The summed E-state index contributed by atoms with van der Waals surface area (Å²) in [5.74, 6) is 0.000821. The van der Waals surface area contributed by atoms with Crippen LogP contribution in [0.4, 0.5) is 27.4 Å². The zero-order valence-corrected chi connectivity index (χ0v) is 11.5. The van der Waals surface area contributed by atoms with Crippen molar-refractivity contribution < 1.29 is 4.39 Å². The number of nitrogens with zero attached hydrogens (tertiary/aromatic N) is 5. The Balaban J connectivity index is 2.35. The second-order valence-electron chi connectivity index (χ2n) is 4.24. The molecule has 2 rings (SSSR count). The first-order valence-corrected chi connectivity index (χ1v) is 6.28. The maximum absolute atomic E-state index is 13.7. The van der Waals surface area contributed by atoms with Crippen LogP contribution in [-0.2, 0) is 0 Å². The van der Waals surface area contributed by atoms with Crippen LogP contribution in [0.15, 0.2) is 30.6 Å². The van der Waals surface area contributed by atoms with Crippen LogP contribution in [0.1, 0.15) is 0 Å². The van der Waals surface area contributed by atoms with E-state index in [1.807, 2.05) is 12.1 Å². The lowest BCUT2D eigenvalue weighted by atomic mass is 10.3. The Kier molecular flexibility index (Phi) is 4.68. The third-order valence-corrected chi connectivity index (χ3v) is 2.81. The molecule has 22 heavy (non-hydrogen) atoms. The van der Waals surface area contributed by atoms with Crippen LogP contribution < -0.4 is 16.0 Å². The lowest BCUT2D eigenvalue weighted by Crippen LogP contribution is -2.26. The van der Waals surface area contributed by atoms with E-state index in [9.17, 15) is 4.39 Å². The van der Waals surface area contributed by atoms with Gasteiger partial charge in [-0.3, -0.25) is 0 Å². The molecule has 7 nitrogen and oxygen atoms in total. The van der Waals surface area contributed by atoms with Crippen molar-refractivity contribution >= 4 is 23.0 Å². The number of nitrogen functional groups attached to an aromatic ring is 1. The number of anilines is 4. The van der Waals surface area contributed by atoms with Gasteiger partial charge in [-0.05, 0) is 12.1 Å². The average molecular weight is 297 g/mol. The first-order valence-electron chi connectivity index (χ1n) is 6.28. The SMILES string of the molecule is N#CCN(CC#N)c1ncnc(Nc2ccccc2F)c1N. The fourth-order valence-electron chi connectivity index (χ4n) is 1.80. The summed E-state index contributed by atoms with van der Waals surface area (Å²) >= 11 is 0. The van der Waals surface area contributed by atoms with Crippen LogP contribution in [0, 0.1) is 28.5 Å². The van der Waals surface area contributed by atoms with E-state index in [1.54, 1.807) is 18.2 Å². The second kappa shape index (κ2) is 6.86. The lowest BCUT2D eigenvalue weighted by molar-refractivity contribution is 0.632. The van der Waals surface area contributed by atoms with Crippen LogP contribution in [-0.4, -0.2) is 23.1 Å². The van der Waals surface area contributed by atoms with Crippen LogP contribution in [0.5, 0.6) is 0 Å². The summed E-state index contributed by atoms with van der Waals surface area (Å²) in [5.41, 5.74) is 6.32. The molecule has 1 heterocycles. The molecule has 0 radical (unpaired) electrons. The molecule has 0 saturated heterocycles. The van der Waals surface area contributed by atoms with Crippen LogP contribution in [0.3, 0.4) is 0 Å². The van der Waals surface area contributed by atoms with Gasteiger partial charge >= 0.3 is 0 Å². The van der Waals surface area contributed by atoms with E-state index < -0.39 is 5.82 Å². The Labute approximate surface area is 126 Å². The molecule has 0 spiro atoms. The minimum atomic E-state index is -0.451. The summed E-state index contributed by atoms with van der Waals surface area (Å²) < 4.78 is 13.7. The van der Waals surface area contributed by atoms with Crippen molar-refractivity contribution in [3.8, 4) is 12.1 Å². The number of nitrogens with two attached hydrogens (primary N) is 1. The maximum Gasteiger partial charge on any atom is 0.159 e. The molecule has 110 valence electrons. The number of aromatic nitrogens is 2. The van der Waals surface area contributed by atoms with Gasteiger partial charge in [0.1, 0.15) is 30.9 Å². The van der Waals surface area contributed by atoms with Crippen molar-refractivity contribution in [2.24, 2.45) is 0 Å². The molecule has 1 aromatic heterocycles. The van der Waals surface area contributed by atoms with Crippen LogP contribution in [0.2, 0.25) is 0 Å². The van der Waals surface area contributed by atoms with Gasteiger partial charge in [0.15, 0.2) is 11.6 Å². The predicted octanol–water partition coefficient (Wildman–Crippen LogP) is 1.80. The molecule has 3 N–H and O–H groups in total. The summed E-state index contributed by atoms with van der Waals surface area (Å²) in [6.07, 6.45) is 1.23. The highest BCUT2D eigenvalue weighted by Crippen LogP contribution is 2.28. The molecule has 0 atom stereocenters. The predicted molar refractivity (Wildman–Crippen MR) is 79.6 cm³/mol. The highest BCUT2D eigenvalue weighted by molar-refractivity contribution is 5.78. The van der Waals surface area contributed by atoms with E-state index in [-0.39, 0.29) is 36.1 Å². The molecule has 0 amide bonds. The van der Waals surface area contributed by atoms with Gasteiger partial charge in [0, 0.05) is 0 Å². The van der Waals surface area contributed by atoms with Gasteiger partial charge in [-0.15, -0.1) is 0 Å². The van der Waals surface area contributed by atoms with Crippen molar-refractivity contribution in [1.82, 2.24) is 9.97 Å². The number of para-hydroxylation sites is 1. The zero-order valence-electron chi connectivity index (χ0n) is 11.5. The average Bonchev–Trinajstić information content (AvgIpc) is 2.51. The number of hydrogen-bond acceptors (Lipinski definition) is 7. The Morgan fingerprint density at radius 3 is 2.50 bits per heavy atom. The van der Waals surface area contributed by atoms with Crippen LogP contribution >= 0.6 is 0 Å². The third kappa shape index (κ3) is 3.19. The quantitative estimate of drug-likeness (QED) is 0.808. The number of hydrogen-bond donors (Lipinski definition) is 2. The molecule has 0 aliphatic heterocycles. The summed E-state index contributed by atoms with van der Waals surface area (Å²) in [5, 5.41) is 20.4. The van der Waals surface area contributed by atoms with Gasteiger partial charge in [-0.1, -0.05) is 12.1 Å². The fourth-order valence-corrected chi connectivity index (χ4v) is 1.80. The maximum atomic E-state index is 13.7. The monoisotopic (exact) mass is 297 g/mol. The van der Waals surface area contributed by atoms with Gasteiger partial charge in [0.05, 0.1) is 17.8 Å². The van der Waals surface area contributed by atoms with Gasteiger partial charge < -0.3 is 16.0 Å². The van der Waals surface area contributed by atoms with Crippen molar-refractivity contribution in [2.45, 2.75) is 0 Å². The Morgan fingerprint density at radius 1 is 1.18 bits per heavy atom. The molecule has 8 heteroatoms. The Bertz CT molecular complexity index is 732. The normalized spacial score (nSPS) is 9.59. The number of rotatable bonds is 5. The minimum absolute atomic E-state index is 0.0477. The lowest BCUT2D eigenvalue weighted by Gasteiger charge is -2.20. The largest absolute Gasteiger partial charge is 0.393 e. The number of benzene rings is 1. The topological polar surface area (TPSA) is 115 Å². The van der Waals surface area contributed by atoms with E-state index in [2.05, 4.69) is 15.3 Å². The number of nitrogens with one attached hydrogen (secondary N) is 1. The van der Waals surface area contributed by atoms with Gasteiger partial charge in [-0.25, -0.2) is 14.4 Å². The second-order valence-corrected chi connectivity index (χ2v) is 4.24. The van der Waals surface area contributed by atoms with Crippen LogP contribution in [0.25, 0.3) is 0 Å². The van der Waals surface area contributed by atoms with E-state index >= 15 is 0 Å². The standard InChI is InChI=1S/C14H12FN7/c15-10-3-1-2-4-11(10)21-13-12(18)14(20-9-19-13)22(7-5-16)8-6-17/h1-4,9H,7-8,18H2,(H,19,20,21). The fraction of sp³-hybridized carbons (Fsp3) is 0.143. The molecule has 2 aromatic rings. The Morgan fingerprint density at radius 2 is 1.86 bits per heavy atom. The summed E-state index contributed by atoms with van der Waals surface area (Å²) in [4.78, 5) is 9.37. The summed E-state index contributed by atoms with van der Waals surface area (Å²) in [7, 11) is 0. The molecule has 0 unspecified atom stereocenters. The molecule has 0 aliphatic carbocycles. The van der Waals surface area contributed by atoms with Crippen molar-refractivity contribution in [2.75, 3.05) is 29.0 Å². The highest BCUT2D eigenvalue weighted by atomic mass is 19.1. The first-order chi connectivity index (χ1) is 10.7. The minimum Gasteiger partial charge on any atom is -0.393 e. The van der Waals surface area contributed by atoms with Gasteiger partial charge in [0.25, 0.3) is 0 Å². The molecule has 0 fully saturated rings. The molecular formula is C14H12FN7. The first kappa shape index (κ1) is 15.0. The van der Waals surface area contributed by atoms with Crippen molar-refractivity contribution in [1.29, 1.82) is 10.5 Å². The molecule has 0 saturated carbocycles. The molecule has 1 aromatic carbocycles. The molecular weight excluding hydrogens is 285 g/mol. The van der Waals surface area contributed by atoms with E-state index in [1.165, 1.54) is 17.3 Å². The summed E-state index contributed by atoms with van der Waals surface area (Å²) in [6, 6.07) is 9.95. The van der Waals surface area contributed by atoms with E-state index in [4.69, 9.17) is 16.3 Å². The van der Waals surface area contributed by atoms with Gasteiger partial charge in [-0.2, -0.15) is 10.5 Å². The Hall–Kier alpha value is -3.39. The summed E-state index contributed by atoms with van der Waals surface area (Å²) in [6.45, 7) is -0.0954. The third-order valence-electron chi connectivity index (χ3n) is 2.81. The van der Waals surface area contributed by atoms with E-state index in [0.29, 0.717) is 0 Å². The van der Waals surface area contributed by atoms with Crippen molar-refractivity contribution in [3.63, 3.8) is 0 Å². The zero-order chi connectivity index (χ0) is 15.9. The smallest absolute Gasteiger partial charge is 0.159 e. The van der Waals surface area contributed by atoms with Gasteiger partial charge in [0.2, 0.25) is 0 Å². The number of halogens is 1. The molecule has 0 bridgehead atoms.